The first-order chi connectivity index (χ1) is 63.5. The Morgan fingerprint density at radius 2 is 0.887 bits per heavy atom. The fourth-order valence-electron chi connectivity index (χ4n) is 13.1. The molecule has 4 bridgehead atoms. The highest BCUT2D eigenvalue weighted by Crippen LogP contribution is 2.44. The van der Waals surface area contributed by atoms with Crippen molar-refractivity contribution in [3.05, 3.63) is 95.1 Å². The molecule has 10 atom stereocenters. The largest absolute Gasteiger partial charge is 0.494 e. The second-order valence-corrected chi connectivity index (χ2v) is 34.8. The topological polar surface area (TPSA) is 614 Å². The van der Waals surface area contributed by atoms with Crippen LogP contribution in [0.15, 0.2) is 72.8 Å². The van der Waals surface area contributed by atoms with Gasteiger partial charge in [-0.05, 0) is 129 Å². The van der Waals surface area contributed by atoms with Crippen LogP contribution in [0.2, 0.25) is 0 Å². The van der Waals surface area contributed by atoms with Crippen molar-refractivity contribution in [2.45, 2.75) is 215 Å². The van der Waals surface area contributed by atoms with Crippen LogP contribution >= 0.6 is 15.6 Å². The lowest BCUT2D eigenvalue weighted by Gasteiger charge is -2.29. The summed E-state index contributed by atoms with van der Waals surface area (Å²) in [6.07, 6.45) is 0.576. The highest BCUT2D eigenvalue weighted by Gasteiger charge is 2.39. The highest BCUT2D eigenvalue weighted by atomic mass is 31.2. The summed E-state index contributed by atoms with van der Waals surface area (Å²) in [4.78, 5) is 209. The van der Waals surface area contributed by atoms with E-state index in [2.05, 4.69) is 47.9 Å². The third-order valence-corrected chi connectivity index (χ3v) is 21.7. The number of phosphoric acid groups is 2. The van der Waals surface area contributed by atoms with Crippen LogP contribution in [0.4, 0.5) is 9.59 Å². The molecule has 0 aliphatic carbocycles. The monoisotopic (exact) mass is 1920 g/mol. The van der Waals surface area contributed by atoms with Gasteiger partial charge in [0, 0.05) is 89.6 Å². The fourth-order valence-corrected chi connectivity index (χ4v) is 14.5. The molecule has 11 amide bonds. The van der Waals surface area contributed by atoms with Gasteiger partial charge in [0.1, 0.15) is 56.6 Å². The zero-order chi connectivity index (χ0) is 98.1. The summed E-state index contributed by atoms with van der Waals surface area (Å²) in [6, 6.07) is 19.1. The van der Waals surface area contributed by atoms with Gasteiger partial charge in [0.05, 0.1) is 64.3 Å². The predicted octanol–water partition coefficient (Wildman–Crippen LogP) is 5.62. The number of rotatable bonds is 53. The Morgan fingerprint density at radius 3 is 1.35 bits per heavy atom. The number of amides is 11. The van der Waals surface area contributed by atoms with Crippen LogP contribution in [0.3, 0.4) is 0 Å². The van der Waals surface area contributed by atoms with Crippen LogP contribution in [0, 0.1) is 35.5 Å². The Balaban J connectivity index is 0.000000556. The van der Waals surface area contributed by atoms with E-state index in [1.165, 1.54) is 0 Å². The third-order valence-electron chi connectivity index (χ3n) is 19.7. The van der Waals surface area contributed by atoms with Gasteiger partial charge in [0.15, 0.2) is 11.9 Å². The van der Waals surface area contributed by atoms with Crippen LogP contribution < -0.4 is 68.3 Å². The van der Waals surface area contributed by atoms with Crippen molar-refractivity contribution in [2.75, 3.05) is 98.8 Å². The first-order valence-corrected chi connectivity index (χ1v) is 47.6. The quantitative estimate of drug-likeness (QED) is 0.00620. The van der Waals surface area contributed by atoms with E-state index in [0.717, 1.165) is 11.1 Å². The molecule has 0 saturated heterocycles. The Bertz CT molecular complexity index is 4250. The van der Waals surface area contributed by atoms with Crippen molar-refractivity contribution in [2.24, 2.45) is 35.5 Å². The molecule has 2 unspecified atom stereocenters. The van der Waals surface area contributed by atoms with Crippen molar-refractivity contribution in [3.8, 4) is 11.5 Å². The number of hydrogen-bond acceptors (Lipinski definition) is 31. The number of Topliss-reactive ketones (excluding diaryl/α,β-unsaturated/α-hetero) is 1. The van der Waals surface area contributed by atoms with E-state index in [4.69, 9.17) is 56.0 Å². The van der Waals surface area contributed by atoms with Gasteiger partial charge in [0.2, 0.25) is 59.5 Å². The molecule has 4 aliphatic heterocycles. The van der Waals surface area contributed by atoms with Gasteiger partial charge in [-0.2, -0.15) is 0 Å². The zero-order valence-corrected chi connectivity index (χ0v) is 78.5. The Morgan fingerprint density at radius 1 is 0.459 bits per heavy atom. The van der Waals surface area contributed by atoms with Gasteiger partial charge in [-0.15, -0.1) is 0 Å². The van der Waals surface area contributed by atoms with Gasteiger partial charge in [-0.1, -0.05) is 104 Å². The van der Waals surface area contributed by atoms with Gasteiger partial charge >= 0.3 is 45.7 Å². The molecule has 0 fully saturated rings. The van der Waals surface area contributed by atoms with Crippen molar-refractivity contribution in [1.82, 2.24) is 58.8 Å². The molecule has 3 aromatic rings. The summed E-state index contributed by atoms with van der Waals surface area (Å²) >= 11 is 0. The molecular formula is C87H133N11O33P2. The van der Waals surface area contributed by atoms with Gasteiger partial charge < -0.3 is 95.5 Å². The Labute approximate surface area is 773 Å². The van der Waals surface area contributed by atoms with E-state index >= 15 is 0 Å². The van der Waals surface area contributed by atoms with E-state index in [1.54, 1.807) is 99.3 Å². The molecule has 4 aliphatic rings. The Hall–Kier alpha value is -10.8. The molecule has 46 heteroatoms. The van der Waals surface area contributed by atoms with E-state index in [-0.39, 0.29) is 161 Å². The molecular weight excluding hydrogens is 1790 g/mol. The molecule has 44 nitrogen and oxygen atoms in total. The summed E-state index contributed by atoms with van der Waals surface area (Å²) in [5.74, 6) is -9.31. The standard InChI is InChI=1S/C45H66N5O16P.C42H67N6O17P/c1-5-8-40(52)63-28-35(66-41(53)9-6-2)29-65-67(59,60)64-23-20-46-39(51)19-22-62-45(57)48-27-33-13-11-32(12-14-33)26-47-44(56)38-25-31-15-17-34(18-16-31)61-21-7-10-36(43(55)50-58)37(24-30(3)4)42(54)49-38;1-5-9-30(49)26-62-38(65-37(52)10-6-2)27-64-66(58,59)63-22-19-44-35(50)16-21-61-42(56)45-18-8-17-43-36(51)25-46-41(55)34-24-29-12-14-31(15-13-29)60-20-7-11-32(40(54)48-57)33(23-28(3)4)39(53)47-34/h11-18,30,35-38,58H,5-10,19-29H2,1-4H3,(H,46,51)(H,47,56)(H,48,57)(H,49,54)(H,50,55)(H,59,60);12-15,28,32-34,38,57H,5-11,16-27H2,1-4H3,(H,43,51)(H,44,50)(H,45,56)(H,46,55)(H,47,53)(H,48,54)(H,58,59)/t35-,36+,37-,38+;32-,33+,34-,38-/m10/s1. The molecule has 3 aromatic carbocycles. The molecule has 0 saturated carbocycles. The number of alkyl carbamates (subject to hydrolysis) is 2. The molecule has 0 aromatic heterocycles. The minimum atomic E-state index is -4.68. The van der Waals surface area contributed by atoms with Crippen molar-refractivity contribution in [1.29, 1.82) is 0 Å². The van der Waals surface area contributed by atoms with Gasteiger partial charge in [0.25, 0.3) is 0 Å². The minimum absolute atomic E-state index is 0.00376. The number of carbonyl (C=O) groups is 15. The molecule has 744 valence electrons. The summed E-state index contributed by atoms with van der Waals surface area (Å²) in [5.41, 5.74) is 6.30. The van der Waals surface area contributed by atoms with Gasteiger partial charge in [-0.3, -0.25) is 90.8 Å². The number of benzene rings is 3. The third kappa shape index (κ3) is 49.7. The number of carbonyl (C=O) groups excluding carboxylic acids is 15. The molecule has 7 rings (SSSR count). The Kier molecular flexibility index (Phi) is 55.3. The lowest BCUT2D eigenvalue weighted by molar-refractivity contribution is -0.187. The SMILES string of the molecule is CCCC(=O)CO[C@H](COP(=O)(O)OCCNC(=O)CCOC(=O)NCCCNC(=O)CNC(=O)[C@@H]1Cc2ccc(cc2)OCCC[C@H](C(=O)NO)[C@@H](CC(C)C)C(=O)N1)OC(=O)CCC.CCCC(=O)OC[C@H](COP(=O)(O)OCCNC(=O)CCOC(=O)NCc1ccc(CNC(=O)[C@@H]2Cc3ccc(cc3)OCCC[C@H](C(=O)NO)[C@@H](CC(C)C)C(=O)N2)cc1)OC(=O)CCC. The molecule has 133 heavy (non-hydrogen) atoms. The first kappa shape index (κ1) is 115. The maximum absolute atomic E-state index is 13.8. The molecule has 0 radical (unpaired) electrons. The number of fused-ring (bicyclic) bond motifs is 22. The normalized spacial score (nSPS) is 17.6. The second-order valence-electron chi connectivity index (χ2n) is 31.9. The van der Waals surface area contributed by atoms with Crippen molar-refractivity contribution >= 4 is 105 Å². The predicted molar refractivity (Wildman–Crippen MR) is 473 cm³/mol. The lowest BCUT2D eigenvalue weighted by atomic mass is 9.81. The van der Waals surface area contributed by atoms with Crippen LogP contribution in [-0.4, -0.2) is 233 Å². The van der Waals surface area contributed by atoms with Crippen LogP contribution in [-0.2, 0) is 144 Å². The summed E-state index contributed by atoms with van der Waals surface area (Å²) in [7, 11) is -9.32. The van der Waals surface area contributed by atoms with Crippen LogP contribution in [0.5, 0.6) is 11.5 Å². The smallest absolute Gasteiger partial charge is 0.472 e. The van der Waals surface area contributed by atoms with Crippen LogP contribution in [0.1, 0.15) is 187 Å². The maximum Gasteiger partial charge on any atom is 0.472 e. The zero-order valence-electron chi connectivity index (χ0n) is 76.7. The maximum atomic E-state index is 13.8. The number of hydroxylamine groups is 2. The van der Waals surface area contributed by atoms with E-state index < -0.39 is 180 Å². The number of esters is 3. The number of ketones is 1. The average molecular weight is 1920 g/mol. The fraction of sp³-hybridized carbons (Fsp3) is 0.621. The number of phosphoric ester groups is 2. The first-order valence-electron chi connectivity index (χ1n) is 44.6. The number of ether oxygens (including phenoxy) is 8. The van der Waals surface area contributed by atoms with Gasteiger partial charge in [-0.25, -0.2) is 29.7 Å². The molecule has 0 spiro atoms. The second kappa shape index (κ2) is 64.2. The average Bonchev–Trinajstić information content (AvgIpc) is 0.837. The minimum Gasteiger partial charge on any atom is -0.494 e. The summed E-state index contributed by atoms with van der Waals surface area (Å²) < 4.78 is 86.3. The molecule has 15 N–H and O–H groups in total. The summed E-state index contributed by atoms with van der Waals surface area (Å²) in [5, 5.41) is 42.6. The number of hydrogen-bond donors (Lipinski definition) is 15. The molecule has 4 heterocycles. The van der Waals surface area contributed by atoms with E-state index in [9.17, 15) is 101 Å². The van der Waals surface area contributed by atoms with Crippen molar-refractivity contribution < 1.29 is 157 Å². The summed E-state index contributed by atoms with van der Waals surface area (Å²) in [6.45, 7) is 11.5. The van der Waals surface area contributed by atoms with Crippen molar-refractivity contribution in [3.63, 3.8) is 0 Å². The number of nitrogens with one attached hydrogen (secondary N) is 11. The van der Waals surface area contributed by atoms with E-state index in [0.29, 0.717) is 80.6 Å². The highest BCUT2D eigenvalue weighted by molar-refractivity contribution is 7.47. The van der Waals surface area contributed by atoms with E-state index in [1.807, 2.05) is 39.8 Å². The van der Waals surface area contributed by atoms with Crippen LogP contribution in [0.25, 0.3) is 0 Å². The lowest BCUT2D eigenvalue weighted by Crippen LogP contribution is -2.53.